The lowest BCUT2D eigenvalue weighted by molar-refractivity contribution is -0.113. The quantitative estimate of drug-likeness (QED) is 0.495. The molecule has 3 aromatic heterocycles. The minimum absolute atomic E-state index is 0.0586. The Hall–Kier alpha value is -1.98. The van der Waals surface area contributed by atoms with E-state index in [4.69, 9.17) is 0 Å². The van der Waals surface area contributed by atoms with Crippen molar-refractivity contribution in [1.82, 2.24) is 19.7 Å². The number of aromatic nitrogens is 4. The Balaban J connectivity index is 1.45. The van der Waals surface area contributed by atoms with Crippen molar-refractivity contribution in [1.29, 1.82) is 0 Å². The van der Waals surface area contributed by atoms with Crippen molar-refractivity contribution in [3.8, 4) is 0 Å². The van der Waals surface area contributed by atoms with Gasteiger partial charge >= 0.3 is 0 Å². The van der Waals surface area contributed by atoms with Crippen molar-refractivity contribution >= 4 is 54.9 Å². The molecular formula is C16H17N5O3S3. The lowest BCUT2D eigenvalue weighted by Crippen LogP contribution is -2.20. The third-order valence-corrected chi connectivity index (χ3v) is 8.01. The number of fused-ring (bicyclic) bond motifs is 1. The van der Waals surface area contributed by atoms with Gasteiger partial charge in [-0.1, -0.05) is 11.8 Å². The summed E-state index contributed by atoms with van der Waals surface area (Å²) in [7, 11) is -3.03. The molecule has 8 nitrogen and oxygen atoms in total. The molecule has 0 aliphatic carbocycles. The number of nitrogens with one attached hydrogen (secondary N) is 1. The van der Waals surface area contributed by atoms with Gasteiger partial charge in [-0.05, 0) is 24.8 Å². The van der Waals surface area contributed by atoms with E-state index in [1.165, 1.54) is 18.1 Å². The Labute approximate surface area is 164 Å². The first kappa shape index (κ1) is 18.4. The van der Waals surface area contributed by atoms with E-state index >= 15 is 0 Å². The van der Waals surface area contributed by atoms with Crippen LogP contribution >= 0.6 is 23.1 Å². The summed E-state index contributed by atoms with van der Waals surface area (Å²) in [6.45, 7) is 1.82. The van der Waals surface area contributed by atoms with Gasteiger partial charge in [0.25, 0.3) is 0 Å². The summed E-state index contributed by atoms with van der Waals surface area (Å²) in [6.07, 6.45) is 2.01. The normalized spacial score (nSPS) is 18.8. The summed E-state index contributed by atoms with van der Waals surface area (Å²) in [5.74, 6) is 0.749. The van der Waals surface area contributed by atoms with Crippen LogP contribution in [0.4, 0.5) is 5.82 Å². The molecule has 0 saturated carbocycles. The fourth-order valence-corrected chi connectivity index (χ4v) is 6.48. The third kappa shape index (κ3) is 3.99. The SMILES string of the molecule is Cc1cc(NC(=O)CSc2ncnc3ccsc23)n(C2CCS(=O)(=O)C2)n1. The summed E-state index contributed by atoms with van der Waals surface area (Å²) in [6, 6.07) is 3.44. The van der Waals surface area contributed by atoms with Gasteiger partial charge in [0.1, 0.15) is 17.2 Å². The molecule has 1 amide bonds. The lowest BCUT2D eigenvalue weighted by atomic mass is 10.3. The number of amides is 1. The van der Waals surface area contributed by atoms with Gasteiger partial charge in [0.2, 0.25) is 5.91 Å². The number of nitrogens with zero attached hydrogens (tertiary/aromatic N) is 4. The van der Waals surface area contributed by atoms with Crippen LogP contribution in [0.25, 0.3) is 10.2 Å². The fraction of sp³-hybridized carbons (Fsp3) is 0.375. The first-order chi connectivity index (χ1) is 12.9. The van der Waals surface area contributed by atoms with E-state index in [0.717, 1.165) is 20.9 Å². The predicted octanol–water partition coefficient (Wildman–Crippen LogP) is 2.29. The van der Waals surface area contributed by atoms with E-state index in [2.05, 4.69) is 20.4 Å². The molecule has 1 fully saturated rings. The summed E-state index contributed by atoms with van der Waals surface area (Å²) in [4.78, 5) is 20.9. The third-order valence-electron chi connectivity index (χ3n) is 4.23. The second-order valence-corrected chi connectivity index (χ2v) is 10.4. The number of anilines is 1. The number of hydrogen-bond acceptors (Lipinski definition) is 8. The molecule has 1 saturated heterocycles. The molecule has 11 heteroatoms. The largest absolute Gasteiger partial charge is 0.310 e. The Bertz CT molecular complexity index is 1110. The van der Waals surface area contributed by atoms with E-state index in [-0.39, 0.29) is 29.2 Å². The van der Waals surface area contributed by atoms with Crippen LogP contribution in [0.1, 0.15) is 18.2 Å². The van der Waals surface area contributed by atoms with E-state index in [9.17, 15) is 13.2 Å². The molecule has 1 unspecified atom stereocenters. The highest BCUT2D eigenvalue weighted by molar-refractivity contribution is 8.00. The molecule has 1 N–H and O–H groups in total. The van der Waals surface area contributed by atoms with E-state index in [1.54, 1.807) is 22.1 Å². The molecule has 0 bridgehead atoms. The summed E-state index contributed by atoms with van der Waals surface area (Å²) in [5.41, 5.74) is 1.60. The molecule has 4 rings (SSSR count). The molecule has 1 aliphatic rings. The zero-order valence-electron chi connectivity index (χ0n) is 14.5. The highest BCUT2D eigenvalue weighted by atomic mass is 32.2. The lowest BCUT2D eigenvalue weighted by Gasteiger charge is -2.13. The molecule has 142 valence electrons. The van der Waals surface area contributed by atoms with Gasteiger partial charge in [-0.3, -0.25) is 4.79 Å². The summed E-state index contributed by atoms with van der Waals surface area (Å²) < 4.78 is 26.1. The van der Waals surface area contributed by atoms with Crippen LogP contribution in [0.5, 0.6) is 0 Å². The van der Waals surface area contributed by atoms with Crippen LogP contribution < -0.4 is 5.32 Å². The number of rotatable bonds is 5. The van der Waals surface area contributed by atoms with E-state index in [0.29, 0.717) is 12.2 Å². The Kier molecular flexibility index (Phi) is 4.91. The molecule has 3 aromatic rings. The molecule has 0 radical (unpaired) electrons. The van der Waals surface area contributed by atoms with Gasteiger partial charge in [0.15, 0.2) is 9.84 Å². The monoisotopic (exact) mass is 423 g/mol. The Morgan fingerprint density at radius 1 is 1.44 bits per heavy atom. The number of aryl methyl sites for hydroxylation is 1. The second kappa shape index (κ2) is 7.21. The first-order valence-electron chi connectivity index (χ1n) is 8.29. The maximum absolute atomic E-state index is 12.4. The molecular weight excluding hydrogens is 406 g/mol. The first-order valence-corrected chi connectivity index (χ1v) is 12.0. The summed E-state index contributed by atoms with van der Waals surface area (Å²) >= 11 is 2.89. The van der Waals surface area contributed by atoms with Gasteiger partial charge in [-0.15, -0.1) is 11.3 Å². The van der Waals surface area contributed by atoms with Crippen LogP contribution in [-0.2, 0) is 14.6 Å². The molecule has 0 spiro atoms. The van der Waals surface area contributed by atoms with Crippen LogP contribution in [0.15, 0.2) is 28.9 Å². The van der Waals surface area contributed by atoms with Crippen molar-refractivity contribution in [2.45, 2.75) is 24.4 Å². The van der Waals surface area contributed by atoms with Gasteiger partial charge < -0.3 is 5.32 Å². The van der Waals surface area contributed by atoms with E-state index < -0.39 is 9.84 Å². The maximum atomic E-state index is 12.4. The molecule has 0 aromatic carbocycles. The van der Waals surface area contributed by atoms with Crippen LogP contribution in [-0.4, -0.2) is 51.3 Å². The van der Waals surface area contributed by atoms with Crippen molar-refractivity contribution in [3.63, 3.8) is 0 Å². The Morgan fingerprint density at radius 3 is 3.07 bits per heavy atom. The van der Waals surface area contributed by atoms with Crippen LogP contribution in [0.2, 0.25) is 0 Å². The predicted molar refractivity (Wildman–Crippen MR) is 106 cm³/mol. The number of thiophene rings is 1. The highest BCUT2D eigenvalue weighted by Gasteiger charge is 2.31. The van der Waals surface area contributed by atoms with Gasteiger partial charge in [0, 0.05) is 6.07 Å². The standard InChI is InChI=1S/C16H17N5O3S3/c1-10-6-13(21(20-10)11-3-5-27(23,24)8-11)19-14(22)7-26-16-15-12(2-4-25-15)17-9-18-16/h2,4,6,9,11H,3,5,7-8H2,1H3,(H,19,22). The van der Waals surface area contributed by atoms with Gasteiger partial charge in [-0.25, -0.2) is 23.1 Å². The average molecular weight is 424 g/mol. The van der Waals surface area contributed by atoms with Gasteiger partial charge in [0.05, 0.1) is 39.2 Å². The molecule has 27 heavy (non-hydrogen) atoms. The Morgan fingerprint density at radius 2 is 2.30 bits per heavy atom. The van der Waals surface area contributed by atoms with Crippen LogP contribution in [0, 0.1) is 6.92 Å². The number of thioether (sulfide) groups is 1. The zero-order valence-corrected chi connectivity index (χ0v) is 16.9. The zero-order chi connectivity index (χ0) is 19.0. The minimum atomic E-state index is -3.03. The average Bonchev–Trinajstić information content (AvgIpc) is 3.31. The number of carbonyl (C=O) groups is 1. The maximum Gasteiger partial charge on any atom is 0.235 e. The highest BCUT2D eigenvalue weighted by Crippen LogP contribution is 2.29. The molecule has 1 atom stereocenters. The summed E-state index contributed by atoms with van der Waals surface area (Å²) in [5, 5.41) is 9.95. The smallest absolute Gasteiger partial charge is 0.235 e. The number of carbonyl (C=O) groups excluding carboxylic acids is 1. The molecule has 4 heterocycles. The van der Waals surface area contributed by atoms with Gasteiger partial charge in [-0.2, -0.15) is 5.10 Å². The molecule has 1 aliphatic heterocycles. The van der Waals surface area contributed by atoms with E-state index in [1.807, 2.05) is 18.4 Å². The van der Waals surface area contributed by atoms with Crippen molar-refractivity contribution in [3.05, 3.63) is 29.5 Å². The number of hydrogen-bond donors (Lipinski definition) is 1. The fourth-order valence-electron chi connectivity index (χ4n) is 3.04. The van der Waals surface area contributed by atoms with Crippen molar-refractivity contribution < 1.29 is 13.2 Å². The topological polar surface area (TPSA) is 107 Å². The number of sulfone groups is 1. The van der Waals surface area contributed by atoms with Crippen molar-refractivity contribution in [2.24, 2.45) is 0 Å². The van der Waals surface area contributed by atoms with Crippen LogP contribution in [0.3, 0.4) is 0 Å². The van der Waals surface area contributed by atoms with Crippen molar-refractivity contribution in [2.75, 3.05) is 22.6 Å². The second-order valence-electron chi connectivity index (χ2n) is 6.32. The minimum Gasteiger partial charge on any atom is -0.310 e.